The fourth-order valence-electron chi connectivity index (χ4n) is 2.12. The molecule has 8 nitrogen and oxygen atoms in total. The van der Waals surface area contributed by atoms with Crippen molar-refractivity contribution in [1.82, 2.24) is 4.31 Å². The number of aryl methyl sites for hydroxylation is 1. The van der Waals surface area contributed by atoms with Gasteiger partial charge in [0, 0.05) is 24.9 Å². The Labute approximate surface area is 133 Å². The summed E-state index contributed by atoms with van der Waals surface area (Å²) in [5, 5.41) is 0. The zero-order valence-corrected chi connectivity index (χ0v) is 13.0. The number of imide groups is 1. The van der Waals surface area contributed by atoms with Crippen molar-refractivity contribution in [2.45, 2.75) is 32.1 Å². The lowest BCUT2D eigenvalue weighted by Crippen LogP contribution is -2.37. The molecule has 0 bridgehead atoms. The van der Waals surface area contributed by atoms with Crippen LogP contribution >= 0.6 is 0 Å². The number of carbonyl (C=O) groups excluding carboxylic acids is 3. The number of nitrogens with zero attached hydrogens (tertiary/aromatic N) is 1. The first-order valence-electron chi connectivity index (χ1n) is 6.97. The maximum absolute atomic E-state index is 11.8. The number of benzene rings is 1. The smallest absolute Gasteiger partial charge is 0.399 e. The number of nitrogen functional groups attached to an aromatic ring is 1. The van der Waals surface area contributed by atoms with Gasteiger partial charge in [-0.25, -0.2) is 0 Å². The molecule has 1 saturated heterocycles. The number of anilines is 1. The lowest BCUT2D eigenvalue weighted by atomic mass is 10.1. The van der Waals surface area contributed by atoms with E-state index in [1.807, 2.05) is 0 Å². The molecule has 0 saturated carbocycles. The number of amides is 2. The summed E-state index contributed by atoms with van der Waals surface area (Å²) >= 11 is 0. The van der Waals surface area contributed by atoms with E-state index in [-0.39, 0.29) is 23.6 Å². The van der Waals surface area contributed by atoms with Crippen LogP contribution in [0.2, 0.25) is 0 Å². The Hall–Kier alpha value is -2.42. The standard InChI is InChI=1S/C14H16N2O6S/c15-11-6-4-10(5-7-11)2-1-3-14(19)22-23(20,21)16-12(17)8-9-13(16)18/h4-7H,1-3,8-9,15H2. The van der Waals surface area contributed by atoms with E-state index in [4.69, 9.17) is 5.73 Å². The molecule has 2 N–H and O–H groups in total. The molecule has 2 rings (SSSR count). The van der Waals surface area contributed by atoms with Crippen LogP contribution in [0.15, 0.2) is 24.3 Å². The minimum absolute atomic E-state index is 0.0187. The highest BCUT2D eigenvalue weighted by atomic mass is 32.2. The van der Waals surface area contributed by atoms with Gasteiger partial charge >= 0.3 is 16.3 Å². The van der Waals surface area contributed by atoms with Crippen molar-refractivity contribution in [3.8, 4) is 0 Å². The summed E-state index contributed by atoms with van der Waals surface area (Å²) in [6, 6.07) is 7.06. The van der Waals surface area contributed by atoms with Crippen LogP contribution in [0, 0.1) is 0 Å². The van der Waals surface area contributed by atoms with E-state index >= 15 is 0 Å². The predicted molar refractivity (Wildman–Crippen MR) is 79.9 cm³/mol. The van der Waals surface area contributed by atoms with Crippen LogP contribution in [0.5, 0.6) is 0 Å². The SMILES string of the molecule is Nc1ccc(CCCC(=O)OS(=O)(=O)N2C(=O)CCC2=O)cc1. The summed E-state index contributed by atoms with van der Waals surface area (Å²) in [4.78, 5) is 34.3. The highest BCUT2D eigenvalue weighted by molar-refractivity contribution is 7.86. The number of hydrogen-bond acceptors (Lipinski definition) is 7. The van der Waals surface area contributed by atoms with Crippen molar-refractivity contribution >= 4 is 33.8 Å². The van der Waals surface area contributed by atoms with Crippen molar-refractivity contribution in [3.63, 3.8) is 0 Å². The van der Waals surface area contributed by atoms with E-state index in [1.54, 1.807) is 24.3 Å². The van der Waals surface area contributed by atoms with E-state index in [9.17, 15) is 22.8 Å². The van der Waals surface area contributed by atoms with Crippen LogP contribution in [0.4, 0.5) is 5.69 Å². The van der Waals surface area contributed by atoms with Crippen LogP contribution in [0.1, 0.15) is 31.2 Å². The van der Waals surface area contributed by atoms with E-state index < -0.39 is 28.1 Å². The highest BCUT2D eigenvalue weighted by Crippen LogP contribution is 2.18. The van der Waals surface area contributed by atoms with Crippen molar-refractivity contribution in [2.75, 3.05) is 5.73 Å². The summed E-state index contributed by atoms with van der Waals surface area (Å²) in [6.45, 7) is 0. The minimum atomic E-state index is -4.69. The largest absolute Gasteiger partial charge is 0.421 e. The van der Waals surface area contributed by atoms with Crippen molar-refractivity contribution in [3.05, 3.63) is 29.8 Å². The second-order valence-electron chi connectivity index (χ2n) is 5.06. The molecule has 0 unspecified atom stereocenters. The lowest BCUT2D eigenvalue weighted by Gasteiger charge is -2.13. The molecule has 0 atom stereocenters. The molecule has 2 amide bonds. The van der Waals surface area contributed by atoms with E-state index in [2.05, 4.69) is 4.18 Å². The van der Waals surface area contributed by atoms with Gasteiger partial charge in [-0.2, -0.15) is 8.42 Å². The van der Waals surface area contributed by atoms with Gasteiger partial charge in [-0.3, -0.25) is 14.4 Å². The number of rotatable bonds is 6. The fourth-order valence-corrected chi connectivity index (χ4v) is 3.20. The first-order valence-corrected chi connectivity index (χ1v) is 8.34. The molecule has 1 fully saturated rings. The second kappa shape index (κ2) is 6.78. The summed E-state index contributed by atoms with van der Waals surface area (Å²) in [7, 11) is -4.69. The monoisotopic (exact) mass is 340 g/mol. The van der Waals surface area contributed by atoms with Crippen LogP contribution in [-0.2, 0) is 35.3 Å². The van der Waals surface area contributed by atoms with Gasteiger partial charge in [0.1, 0.15) is 0 Å². The van der Waals surface area contributed by atoms with Gasteiger partial charge in [-0.15, -0.1) is 4.31 Å². The molecule has 0 aliphatic carbocycles. The fraction of sp³-hybridized carbons (Fsp3) is 0.357. The van der Waals surface area contributed by atoms with Crippen LogP contribution in [-0.4, -0.2) is 30.5 Å². The molecule has 124 valence electrons. The summed E-state index contributed by atoms with van der Waals surface area (Å²) in [6.07, 6.45) is 0.344. The number of hydrogen-bond donors (Lipinski definition) is 1. The molecule has 1 aromatic rings. The Morgan fingerprint density at radius 1 is 1.13 bits per heavy atom. The highest BCUT2D eigenvalue weighted by Gasteiger charge is 2.41. The summed E-state index contributed by atoms with van der Waals surface area (Å²) in [5.74, 6) is -2.78. The first-order chi connectivity index (χ1) is 10.8. The molecule has 1 aromatic carbocycles. The van der Waals surface area contributed by atoms with Gasteiger partial charge in [0.15, 0.2) is 0 Å². The maximum Gasteiger partial charge on any atom is 0.421 e. The van der Waals surface area contributed by atoms with Crippen LogP contribution < -0.4 is 5.73 Å². The average molecular weight is 340 g/mol. The third-order valence-corrected chi connectivity index (χ3v) is 4.50. The van der Waals surface area contributed by atoms with E-state index in [0.717, 1.165) is 5.56 Å². The van der Waals surface area contributed by atoms with Gasteiger partial charge in [0.2, 0.25) is 11.8 Å². The molecular formula is C14H16N2O6S. The van der Waals surface area contributed by atoms with Gasteiger partial charge in [0.05, 0.1) is 0 Å². The van der Waals surface area contributed by atoms with Gasteiger partial charge in [0.25, 0.3) is 0 Å². The second-order valence-corrected chi connectivity index (χ2v) is 6.45. The van der Waals surface area contributed by atoms with Crippen molar-refractivity contribution in [1.29, 1.82) is 0 Å². The number of nitrogens with two attached hydrogens (primary N) is 1. The normalized spacial score (nSPS) is 15.0. The summed E-state index contributed by atoms with van der Waals surface area (Å²) in [5.41, 5.74) is 7.12. The quantitative estimate of drug-likeness (QED) is 0.591. The van der Waals surface area contributed by atoms with Crippen LogP contribution in [0.3, 0.4) is 0 Å². The zero-order valence-electron chi connectivity index (χ0n) is 12.2. The molecule has 0 radical (unpaired) electrons. The molecule has 0 aromatic heterocycles. The van der Waals surface area contributed by atoms with Crippen molar-refractivity contribution in [2.24, 2.45) is 0 Å². The van der Waals surface area contributed by atoms with Gasteiger partial charge < -0.3 is 9.92 Å². The zero-order chi connectivity index (χ0) is 17.0. The average Bonchev–Trinajstić information content (AvgIpc) is 2.80. The minimum Gasteiger partial charge on any atom is -0.399 e. The molecule has 0 spiro atoms. The molecule has 1 aliphatic heterocycles. The molecular weight excluding hydrogens is 324 g/mol. The number of carbonyl (C=O) groups is 3. The predicted octanol–water partition coefficient (Wildman–Crippen LogP) is 0.528. The molecule has 1 aliphatic rings. The first kappa shape index (κ1) is 16.9. The molecule has 23 heavy (non-hydrogen) atoms. The molecule has 1 heterocycles. The third-order valence-electron chi connectivity index (χ3n) is 3.25. The van der Waals surface area contributed by atoms with E-state index in [0.29, 0.717) is 18.5 Å². The Balaban J connectivity index is 1.85. The topological polar surface area (TPSA) is 124 Å². The van der Waals surface area contributed by atoms with E-state index in [1.165, 1.54) is 0 Å². The van der Waals surface area contributed by atoms with Gasteiger partial charge in [-0.1, -0.05) is 12.1 Å². The van der Waals surface area contributed by atoms with Crippen LogP contribution in [0.25, 0.3) is 0 Å². The molecule has 9 heteroatoms. The summed E-state index contributed by atoms with van der Waals surface area (Å²) < 4.78 is 27.9. The maximum atomic E-state index is 11.8. The lowest BCUT2D eigenvalue weighted by molar-refractivity contribution is -0.135. The Bertz CT molecular complexity index is 710. The third kappa shape index (κ3) is 4.28. The Morgan fingerprint density at radius 3 is 2.26 bits per heavy atom. The van der Waals surface area contributed by atoms with Crippen molar-refractivity contribution < 1.29 is 27.0 Å². The Morgan fingerprint density at radius 2 is 1.70 bits per heavy atom. The van der Waals surface area contributed by atoms with Gasteiger partial charge in [-0.05, 0) is 30.5 Å². The Kier molecular flexibility index (Phi) is 4.99.